The van der Waals surface area contributed by atoms with Gasteiger partial charge in [0.05, 0.1) is 12.4 Å². The average molecular weight is 337 g/mol. The van der Waals surface area contributed by atoms with E-state index in [1.807, 2.05) is 6.92 Å². The summed E-state index contributed by atoms with van der Waals surface area (Å²) in [6.45, 7) is 9.55. The van der Waals surface area contributed by atoms with Crippen molar-refractivity contribution in [3.8, 4) is 0 Å². The van der Waals surface area contributed by atoms with Gasteiger partial charge in [-0.2, -0.15) is 0 Å². The molecule has 0 amide bonds. The Labute approximate surface area is 139 Å². The molecule has 3 rings (SSSR count). The van der Waals surface area contributed by atoms with Gasteiger partial charge in [-0.1, -0.05) is 23.8 Å². The average Bonchev–Trinajstić information content (AvgIpc) is 2.72. The highest BCUT2D eigenvalue weighted by molar-refractivity contribution is 7.93. The molecule has 4 nitrogen and oxygen atoms in total. The number of benzene rings is 1. The summed E-state index contributed by atoms with van der Waals surface area (Å²) in [7, 11) is -2.99. The topological polar surface area (TPSA) is 46.6 Å². The van der Waals surface area contributed by atoms with Gasteiger partial charge in [0.2, 0.25) is 0 Å². The number of aryl methyl sites for hydroxylation is 2. The minimum atomic E-state index is -2.99. The van der Waals surface area contributed by atoms with E-state index in [1.54, 1.807) is 0 Å². The first kappa shape index (κ1) is 16.9. The highest BCUT2D eigenvalue weighted by atomic mass is 32.2. The van der Waals surface area contributed by atoms with Gasteiger partial charge in [-0.25, -0.2) is 8.42 Å². The first-order valence-corrected chi connectivity index (χ1v) is 10.1. The summed E-state index contributed by atoms with van der Waals surface area (Å²) >= 11 is 0. The molecule has 0 aromatic heterocycles. The largest absolute Gasteiger partial charge is 0.381 e. The van der Waals surface area contributed by atoms with Crippen LogP contribution in [0, 0.1) is 19.8 Å². The number of hydrogen-bond acceptors (Lipinski definition) is 4. The zero-order valence-corrected chi connectivity index (χ0v) is 15.2. The summed E-state index contributed by atoms with van der Waals surface area (Å²) < 4.78 is 30.1. The molecule has 1 aromatic carbocycles. The Balaban J connectivity index is 1.71. The predicted molar refractivity (Wildman–Crippen MR) is 92.3 cm³/mol. The second-order valence-electron chi connectivity index (χ2n) is 7.10. The van der Waals surface area contributed by atoms with E-state index in [0.29, 0.717) is 32.1 Å². The molecule has 23 heavy (non-hydrogen) atoms. The smallest absolute Gasteiger partial charge is 0.158 e. The van der Waals surface area contributed by atoms with E-state index in [-0.39, 0.29) is 5.92 Å². The lowest BCUT2D eigenvalue weighted by Crippen LogP contribution is -2.67. The van der Waals surface area contributed by atoms with Gasteiger partial charge in [0.1, 0.15) is 4.75 Å². The summed E-state index contributed by atoms with van der Waals surface area (Å²) in [5, 5.41) is 0. The Morgan fingerprint density at radius 1 is 1.30 bits per heavy atom. The summed E-state index contributed by atoms with van der Waals surface area (Å²) in [4.78, 5) is 2.27. The van der Waals surface area contributed by atoms with Crippen LogP contribution >= 0.6 is 0 Å². The van der Waals surface area contributed by atoms with E-state index in [0.717, 1.165) is 13.0 Å². The number of sulfone groups is 1. The van der Waals surface area contributed by atoms with E-state index in [4.69, 9.17) is 4.74 Å². The maximum absolute atomic E-state index is 12.6. The Morgan fingerprint density at radius 2 is 2.04 bits per heavy atom. The van der Waals surface area contributed by atoms with Gasteiger partial charge in [-0.05, 0) is 38.3 Å². The fourth-order valence-corrected chi connectivity index (χ4v) is 6.46. The van der Waals surface area contributed by atoms with E-state index in [2.05, 4.69) is 36.9 Å². The van der Waals surface area contributed by atoms with Gasteiger partial charge >= 0.3 is 0 Å². The van der Waals surface area contributed by atoms with Gasteiger partial charge in [-0.3, -0.25) is 4.90 Å². The minimum Gasteiger partial charge on any atom is -0.381 e. The molecule has 1 spiro atoms. The molecule has 2 saturated heterocycles. The van der Waals surface area contributed by atoms with E-state index in [9.17, 15) is 8.42 Å². The van der Waals surface area contributed by atoms with Crippen molar-refractivity contribution in [2.24, 2.45) is 5.92 Å². The highest BCUT2D eigenvalue weighted by Crippen LogP contribution is 2.45. The molecule has 0 aliphatic carbocycles. The van der Waals surface area contributed by atoms with E-state index in [1.165, 1.54) is 16.7 Å². The van der Waals surface area contributed by atoms with Crippen molar-refractivity contribution in [3.63, 3.8) is 0 Å². The minimum absolute atomic E-state index is 0.155. The monoisotopic (exact) mass is 337 g/mol. The van der Waals surface area contributed by atoms with Gasteiger partial charge in [-0.15, -0.1) is 0 Å². The van der Waals surface area contributed by atoms with Gasteiger partial charge < -0.3 is 4.74 Å². The normalized spacial score (nSPS) is 25.6. The van der Waals surface area contributed by atoms with Crippen LogP contribution in [0.1, 0.15) is 30.0 Å². The summed E-state index contributed by atoms with van der Waals surface area (Å²) in [5.41, 5.74) is 3.83. The third kappa shape index (κ3) is 2.94. The van der Waals surface area contributed by atoms with Crippen LogP contribution in [0.15, 0.2) is 18.2 Å². The lowest BCUT2D eigenvalue weighted by Gasteiger charge is -2.50. The van der Waals surface area contributed by atoms with E-state index < -0.39 is 14.6 Å². The number of likely N-dealkylation sites (tertiary alicyclic amines) is 1. The van der Waals surface area contributed by atoms with Crippen LogP contribution < -0.4 is 0 Å². The van der Waals surface area contributed by atoms with Crippen molar-refractivity contribution >= 4 is 9.84 Å². The molecule has 128 valence electrons. The quantitative estimate of drug-likeness (QED) is 0.827. The van der Waals surface area contributed by atoms with Crippen LogP contribution in [0.25, 0.3) is 0 Å². The molecule has 1 unspecified atom stereocenters. The maximum Gasteiger partial charge on any atom is 0.158 e. The van der Waals surface area contributed by atoms with Crippen LogP contribution in [0.3, 0.4) is 0 Å². The molecule has 0 N–H and O–H groups in total. The molecule has 2 aliphatic rings. The zero-order chi connectivity index (χ0) is 16.7. The van der Waals surface area contributed by atoms with Crippen molar-refractivity contribution in [1.29, 1.82) is 0 Å². The number of hydrogen-bond donors (Lipinski definition) is 0. The van der Waals surface area contributed by atoms with Crippen molar-refractivity contribution < 1.29 is 13.2 Å². The van der Waals surface area contributed by atoms with Gasteiger partial charge in [0.15, 0.2) is 9.84 Å². The molecule has 0 bridgehead atoms. The molecule has 1 aromatic rings. The highest BCUT2D eigenvalue weighted by Gasteiger charge is 2.61. The van der Waals surface area contributed by atoms with Crippen LogP contribution in [-0.4, -0.2) is 50.1 Å². The van der Waals surface area contributed by atoms with E-state index >= 15 is 0 Å². The first-order chi connectivity index (χ1) is 10.9. The fourth-order valence-electron chi connectivity index (χ4n) is 4.00. The first-order valence-electron chi connectivity index (χ1n) is 8.46. The Hall–Kier alpha value is -0.910. The SMILES string of the molecule is CCOCC1CCS(=O)(=O)C12CN(Cc1cc(C)ccc1C)C2. The van der Waals surface area contributed by atoms with Crippen LogP contribution in [0.4, 0.5) is 0 Å². The lowest BCUT2D eigenvalue weighted by atomic mass is 9.83. The number of nitrogens with zero attached hydrogens (tertiary/aromatic N) is 1. The van der Waals surface area contributed by atoms with Crippen LogP contribution in [0.5, 0.6) is 0 Å². The van der Waals surface area contributed by atoms with Crippen molar-refractivity contribution in [1.82, 2.24) is 4.90 Å². The summed E-state index contributed by atoms with van der Waals surface area (Å²) in [6, 6.07) is 6.47. The molecule has 0 radical (unpaired) electrons. The predicted octanol–water partition coefficient (Wildman–Crippen LogP) is 2.33. The molecular weight excluding hydrogens is 310 g/mol. The van der Waals surface area contributed by atoms with Crippen LogP contribution in [-0.2, 0) is 21.1 Å². The zero-order valence-electron chi connectivity index (χ0n) is 14.3. The third-order valence-corrected chi connectivity index (χ3v) is 8.11. The third-order valence-electron chi connectivity index (χ3n) is 5.50. The molecule has 2 aliphatic heterocycles. The molecule has 2 heterocycles. The summed E-state index contributed by atoms with van der Waals surface area (Å²) in [5.74, 6) is 0.476. The number of rotatable bonds is 5. The Morgan fingerprint density at radius 3 is 2.74 bits per heavy atom. The molecule has 2 fully saturated rings. The molecule has 0 saturated carbocycles. The second kappa shape index (κ2) is 6.19. The maximum atomic E-state index is 12.6. The van der Waals surface area contributed by atoms with Gasteiger partial charge in [0.25, 0.3) is 0 Å². The van der Waals surface area contributed by atoms with Crippen molar-refractivity contribution in [2.45, 2.75) is 38.5 Å². The van der Waals surface area contributed by atoms with Crippen LogP contribution in [0.2, 0.25) is 0 Å². The molecule has 1 atom stereocenters. The summed E-state index contributed by atoms with van der Waals surface area (Å²) in [6.07, 6.45) is 0.750. The van der Waals surface area contributed by atoms with Crippen molar-refractivity contribution in [2.75, 3.05) is 32.1 Å². The second-order valence-corrected chi connectivity index (χ2v) is 9.55. The van der Waals surface area contributed by atoms with Gasteiger partial charge in [0, 0.05) is 32.2 Å². The standard InChI is InChI=1S/C18H27NO3S/c1-4-22-11-17-7-8-23(20,21)18(17)12-19(13-18)10-16-9-14(2)5-6-15(16)3/h5-6,9,17H,4,7-8,10-13H2,1-3H3. The number of ether oxygens (including phenoxy) is 1. The molecule has 5 heteroatoms. The molecular formula is C18H27NO3S. The van der Waals surface area contributed by atoms with Crippen molar-refractivity contribution in [3.05, 3.63) is 34.9 Å². The Kier molecular flexibility index (Phi) is 4.55. The Bertz CT molecular complexity index is 678. The lowest BCUT2D eigenvalue weighted by molar-refractivity contribution is 0.0291. The fraction of sp³-hybridized carbons (Fsp3) is 0.667.